The summed E-state index contributed by atoms with van der Waals surface area (Å²) in [7, 11) is 0. The van der Waals surface area contributed by atoms with Crippen LogP contribution in [-0.2, 0) is 6.54 Å². The summed E-state index contributed by atoms with van der Waals surface area (Å²) >= 11 is 1.67. The topological polar surface area (TPSA) is 23.5 Å². The van der Waals surface area contributed by atoms with Crippen LogP contribution in [0.5, 0.6) is 0 Å². The van der Waals surface area contributed by atoms with Gasteiger partial charge in [-0.15, -0.1) is 0 Å². The molecule has 2 nitrogen and oxygen atoms in total. The lowest BCUT2D eigenvalue weighted by Crippen LogP contribution is -2.26. The van der Waals surface area contributed by atoms with Gasteiger partial charge in [0.15, 0.2) is 0 Å². The molecule has 0 aliphatic heterocycles. The molecule has 1 heterocycles. The third-order valence-electron chi connectivity index (χ3n) is 3.68. The highest BCUT2D eigenvalue weighted by atomic mass is 32.1. The molecular formula is C16H18FNOS. The van der Waals surface area contributed by atoms with E-state index >= 15 is 0 Å². The molecule has 0 bridgehead atoms. The summed E-state index contributed by atoms with van der Waals surface area (Å²) in [6.45, 7) is 2.40. The summed E-state index contributed by atoms with van der Waals surface area (Å²) in [4.78, 5) is 2.23. The molecule has 1 aromatic heterocycles. The molecule has 1 aromatic carbocycles. The number of anilines is 1. The van der Waals surface area contributed by atoms with E-state index in [9.17, 15) is 9.50 Å². The summed E-state index contributed by atoms with van der Waals surface area (Å²) < 4.78 is 14.0. The SMILES string of the molecule is C[C@H](O)c1c(F)cccc1N(Cc1ccsc1)C1CC1. The number of thiophene rings is 1. The van der Waals surface area contributed by atoms with Crippen LogP contribution in [0.2, 0.25) is 0 Å². The van der Waals surface area contributed by atoms with Crippen molar-refractivity contribution in [2.24, 2.45) is 0 Å². The molecule has 1 saturated carbocycles. The van der Waals surface area contributed by atoms with Crippen molar-refractivity contribution in [1.82, 2.24) is 0 Å². The molecule has 1 fully saturated rings. The number of aliphatic hydroxyl groups is 1. The molecule has 1 atom stereocenters. The van der Waals surface area contributed by atoms with Gasteiger partial charge in [0.2, 0.25) is 0 Å². The van der Waals surface area contributed by atoms with Crippen molar-refractivity contribution in [3.05, 3.63) is 52.0 Å². The van der Waals surface area contributed by atoms with Gasteiger partial charge in [-0.25, -0.2) is 4.39 Å². The summed E-state index contributed by atoms with van der Waals surface area (Å²) in [6, 6.07) is 7.62. The van der Waals surface area contributed by atoms with Crippen molar-refractivity contribution in [3.8, 4) is 0 Å². The van der Waals surface area contributed by atoms with Crippen LogP contribution in [-0.4, -0.2) is 11.1 Å². The van der Waals surface area contributed by atoms with E-state index in [1.54, 1.807) is 24.3 Å². The first-order valence-corrected chi connectivity index (χ1v) is 7.85. The smallest absolute Gasteiger partial charge is 0.131 e. The lowest BCUT2D eigenvalue weighted by atomic mass is 10.1. The lowest BCUT2D eigenvalue weighted by Gasteiger charge is -2.28. The van der Waals surface area contributed by atoms with Crippen molar-refractivity contribution < 1.29 is 9.50 Å². The summed E-state index contributed by atoms with van der Waals surface area (Å²) in [6.07, 6.45) is 1.48. The van der Waals surface area contributed by atoms with E-state index in [2.05, 4.69) is 21.7 Å². The van der Waals surface area contributed by atoms with Crippen molar-refractivity contribution in [2.75, 3.05) is 4.90 Å². The normalized spacial score (nSPS) is 16.1. The van der Waals surface area contributed by atoms with Gasteiger partial charge in [-0.2, -0.15) is 11.3 Å². The van der Waals surface area contributed by atoms with Crippen LogP contribution >= 0.6 is 11.3 Å². The van der Waals surface area contributed by atoms with Crippen LogP contribution in [0.1, 0.15) is 37.0 Å². The fraction of sp³-hybridized carbons (Fsp3) is 0.375. The van der Waals surface area contributed by atoms with Crippen LogP contribution in [0.25, 0.3) is 0 Å². The van der Waals surface area contributed by atoms with E-state index in [1.807, 2.05) is 6.07 Å². The molecule has 2 aromatic rings. The molecule has 106 valence electrons. The Morgan fingerprint density at radius 3 is 2.80 bits per heavy atom. The van der Waals surface area contributed by atoms with Crippen LogP contribution in [0.15, 0.2) is 35.0 Å². The fourth-order valence-corrected chi connectivity index (χ4v) is 3.23. The Hall–Kier alpha value is -1.39. The van der Waals surface area contributed by atoms with Gasteiger partial charge < -0.3 is 10.0 Å². The fourth-order valence-electron chi connectivity index (χ4n) is 2.57. The number of hydrogen-bond acceptors (Lipinski definition) is 3. The van der Waals surface area contributed by atoms with Gasteiger partial charge in [0.05, 0.1) is 6.10 Å². The largest absolute Gasteiger partial charge is 0.389 e. The van der Waals surface area contributed by atoms with E-state index < -0.39 is 6.10 Å². The Kier molecular flexibility index (Phi) is 3.76. The Morgan fingerprint density at radius 2 is 2.20 bits per heavy atom. The van der Waals surface area contributed by atoms with Crippen LogP contribution in [0.3, 0.4) is 0 Å². The zero-order chi connectivity index (χ0) is 14.1. The minimum Gasteiger partial charge on any atom is -0.389 e. The number of aliphatic hydroxyl groups excluding tert-OH is 1. The van der Waals surface area contributed by atoms with E-state index in [-0.39, 0.29) is 5.82 Å². The number of halogens is 1. The second kappa shape index (κ2) is 5.54. The summed E-state index contributed by atoms with van der Waals surface area (Å²) in [5.74, 6) is -0.325. The minimum atomic E-state index is -0.796. The van der Waals surface area contributed by atoms with E-state index in [4.69, 9.17) is 0 Å². The number of nitrogens with zero attached hydrogens (tertiary/aromatic N) is 1. The van der Waals surface area contributed by atoms with Crippen molar-refractivity contribution in [1.29, 1.82) is 0 Å². The maximum atomic E-state index is 14.0. The van der Waals surface area contributed by atoms with Crippen LogP contribution in [0, 0.1) is 5.82 Å². The van der Waals surface area contributed by atoms with Crippen molar-refractivity contribution in [2.45, 2.75) is 38.5 Å². The monoisotopic (exact) mass is 291 g/mol. The molecule has 1 aliphatic rings. The van der Waals surface area contributed by atoms with Crippen molar-refractivity contribution in [3.63, 3.8) is 0 Å². The molecule has 1 N–H and O–H groups in total. The van der Waals surface area contributed by atoms with E-state index in [1.165, 1.54) is 11.6 Å². The molecule has 0 amide bonds. The number of benzene rings is 1. The maximum absolute atomic E-state index is 14.0. The quantitative estimate of drug-likeness (QED) is 0.896. The Labute approximate surface area is 122 Å². The highest BCUT2D eigenvalue weighted by Gasteiger charge is 2.31. The maximum Gasteiger partial charge on any atom is 0.131 e. The van der Waals surface area contributed by atoms with E-state index in [0.29, 0.717) is 11.6 Å². The Morgan fingerprint density at radius 1 is 1.40 bits per heavy atom. The van der Waals surface area contributed by atoms with Crippen molar-refractivity contribution >= 4 is 17.0 Å². The molecule has 1 aliphatic carbocycles. The third kappa shape index (κ3) is 2.72. The van der Waals surface area contributed by atoms with E-state index in [0.717, 1.165) is 25.1 Å². The van der Waals surface area contributed by atoms with Gasteiger partial charge in [0, 0.05) is 23.8 Å². The average molecular weight is 291 g/mol. The molecule has 20 heavy (non-hydrogen) atoms. The molecule has 0 saturated heterocycles. The third-order valence-corrected chi connectivity index (χ3v) is 4.41. The highest BCUT2D eigenvalue weighted by Crippen LogP contribution is 2.38. The first-order chi connectivity index (χ1) is 9.66. The number of hydrogen-bond donors (Lipinski definition) is 1. The average Bonchev–Trinajstić information content (AvgIpc) is 3.12. The van der Waals surface area contributed by atoms with Crippen LogP contribution < -0.4 is 4.90 Å². The second-order valence-electron chi connectivity index (χ2n) is 5.34. The predicted molar refractivity (Wildman–Crippen MR) is 80.6 cm³/mol. The zero-order valence-corrected chi connectivity index (χ0v) is 12.2. The van der Waals surface area contributed by atoms with Gasteiger partial charge in [0.1, 0.15) is 5.82 Å². The first kappa shape index (κ1) is 13.6. The Balaban J connectivity index is 1.97. The van der Waals surface area contributed by atoms with Gasteiger partial charge in [-0.1, -0.05) is 6.07 Å². The predicted octanol–water partition coefficient (Wildman–Crippen LogP) is 4.11. The lowest BCUT2D eigenvalue weighted by molar-refractivity contribution is 0.194. The van der Waals surface area contributed by atoms with Gasteiger partial charge in [-0.3, -0.25) is 0 Å². The minimum absolute atomic E-state index is 0.325. The molecule has 0 spiro atoms. The molecular weight excluding hydrogens is 273 g/mol. The Bertz CT molecular complexity index is 578. The number of rotatable bonds is 5. The molecule has 3 rings (SSSR count). The van der Waals surface area contributed by atoms with Gasteiger partial charge >= 0.3 is 0 Å². The van der Waals surface area contributed by atoms with Gasteiger partial charge in [-0.05, 0) is 54.3 Å². The standard InChI is InChI=1S/C16H18FNOS/c1-11(19)16-14(17)3-2-4-15(16)18(13-5-6-13)9-12-7-8-20-10-12/h2-4,7-8,10-11,13,19H,5-6,9H2,1H3/t11-/m0/s1. The first-order valence-electron chi connectivity index (χ1n) is 6.91. The highest BCUT2D eigenvalue weighted by molar-refractivity contribution is 7.07. The summed E-state index contributed by atoms with van der Waals surface area (Å²) in [5, 5.41) is 14.1. The molecule has 0 radical (unpaired) electrons. The molecule has 4 heteroatoms. The second-order valence-corrected chi connectivity index (χ2v) is 6.12. The summed E-state index contributed by atoms with van der Waals surface area (Å²) in [5.41, 5.74) is 2.48. The zero-order valence-electron chi connectivity index (χ0n) is 11.4. The van der Waals surface area contributed by atoms with Gasteiger partial charge in [0.25, 0.3) is 0 Å². The molecule has 0 unspecified atom stereocenters. The van der Waals surface area contributed by atoms with Crippen LogP contribution in [0.4, 0.5) is 10.1 Å².